The number of phenols is 1. The van der Waals surface area contributed by atoms with Crippen LogP contribution in [-0.2, 0) is 11.2 Å². The van der Waals surface area contributed by atoms with Gasteiger partial charge in [-0.2, -0.15) is 20.5 Å². The Hall–Kier alpha value is -1.31. The molecule has 0 atom stereocenters. The highest BCUT2D eigenvalue weighted by atomic mass is 32.2. The van der Waals surface area contributed by atoms with Crippen LogP contribution in [0.2, 0.25) is 0 Å². The number of hydrogen-bond acceptors (Lipinski definition) is 4. The number of likely N-dealkylation sites (N-methyl/N-ethyl adjacent to an activating group) is 1. The number of nitrogens with zero attached hydrogens (tertiary/aromatic N) is 1. The molecule has 1 aromatic heterocycles. The van der Waals surface area contributed by atoms with Crippen molar-refractivity contribution in [3.05, 3.63) is 30.0 Å². The van der Waals surface area contributed by atoms with Crippen LogP contribution in [0.15, 0.2) is 24.4 Å². The molecule has 0 spiro atoms. The van der Waals surface area contributed by atoms with E-state index in [2.05, 4.69) is 21.5 Å². The molecule has 0 amide bonds. The van der Waals surface area contributed by atoms with Crippen LogP contribution >= 0.6 is 11.8 Å². The highest BCUT2D eigenvalue weighted by Gasteiger charge is 2.07. The number of hydrogen-bond donors (Lipinski definition) is 2. The first-order valence-corrected chi connectivity index (χ1v) is 10.2. The predicted molar refractivity (Wildman–Crippen MR) is 104 cm³/mol. The van der Waals surface area contributed by atoms with Gasteiger partial charge in [-0.25, -0.2) is 0 Å². The zero-order chi connectivity index (χ0) is 18.8. The van der Waals surface area contributed by atoms with Crippen molar-refractivity contribution >= 4 is 22.7 Å². The van der Waals surface area contributed by atoms with E-state index in [4.69, 9.17) is 0 Å². The molecule has 3 rings (SSSR count). The number of benzene rings is 1. The highest BCUT2D eigenvalue weighted by molar-refractivity contribution is 7.99. The summed E-state index contributed by atoms with van der Waals surface area (Å²) >= 11 is 2.09. The minimum Gasteiger partial charge on any atom is -0.508 e. The maximum Gasteiger partial charge on any atom is 0.345 e. The Morgan fingerprint density at radius 1 is 1.23 bits per heavy atom. The maximum absolute atomic E-state index is 11.8. The zero-order valence-electron chi connectivity index (χ0n) is 15.2. The molecule has 1 aromatic carbocycles. The van der Waals surface area contributed by atoms with Gasteiger partial charge in [-0.1, -0.05) is 6.42 Å². The van der Waals surface area contributed by atoms with Crippen molar-refractivity contribution in [2.24, 2.45) is 0 Å². The van der Waals surface area contributed by atoms with Crippen molar-refractivity contribution in [2.45, 2.75) is 32.3 Å². The molecule has 7 heteroatoms. The smallest absolute Gasteiger partial charge is 0.345 e. The van der Waals surface area contributed by atoms with Gasteiger partial charge in [-0.3, -0.25) is 0 Å². The quantitative estimate of drug-likeness (QED) is 0.736. The van der Waals surface area contributed by atoms with Crippen LogP contribution in [0.5, 0.6) is 5.75 Å². The number of fused-ring (bicyclic) bond motifs is 1. The fourth-order valence-electron chi connectivity index (χ4n) is 2.78. The maximum atomic E-state index is 11.8. The minimum atomic E-state index is -2.71. The van der Waals surface area contributed by atoms with E-state index in [1.165, 1.54) is 30.8 Å². The summed E-state index contributed by atoms with van der Waals surface area (Å²) in [7, 11) is 1.86. The summed E-state index contributed by atoms with van der Waals surface area (Å²) in [5, 5.41) is 10.5. The number of aromatic hydroxyl groups is 1. The zero-order valence-corrected chi connectivity index (χ0v) is 16.0. The number of alkyl halides is 2. The van der Waals surface area contributed by atoms with E-state index in [1.54, 1.807) is 12.1 Å². The third-order valence-corrected chi connectivity index (χ3v) is 5.46. The third kappa shape index (κ3) is 7.51. The van der Waals surface area contributed by atoms with Gasteiger partial charge in [0.15, 0.2) is 0 Å². The van der Waals surface area contributed by atoms with Crippen molar-refractivity contribution in [1.29, 1.82) is 0 Å². The summed E-state index contributed by atoms with van der Waals surface area (Å²) in [5.74, 6) is 3.07. The lowest BCUT2D eigenvalue weighted by molar-refractivity contribution is -0.131. The number of H-pyrrole nitrogens is 1. The van der Waals surface area contributed by atoms with Crippen molar-refractivity contribution in [3.8, 4) is 5.75 Å². The van der Waals surface area contributed by atoms with E-state index in [1.807, 2.05) is 24.2 Å². The van der Waals surface area contributed by atoms with E-state index < -0.39 is 6.61 Å². The number of phenolic OH excluding ortho intramolecular Hbond substituents is 1. The molecule has 146 valence electrons. The number of ether oxygens (including phenoxy) is 1. The molecule has 2 aromatic rings. The molecule has 0 unspecified atom stereocenters. The van der Waals surface area contributed by atoms with Crippen LogP contribution in [0.1, 0.15) is 24.8 Å². The number of aromatic amines is 1. The molecule has 0 saturated carbocycles. The van der Waals surface area contributed by atoms with Gasteiger partial charge in [0.25, 0.3) is 0 Å². The molecule has 4 nitrogen and oxygen atoms in total. The van der Waals surface area contributed by atoms with Crippen molar-refractivity contribution in [2.75, 3.05) is 38.2 Å². The third-order valence-electron chi connectivity index (χ3n) is 4.31. The SMILES string of the molecule is C1CCSCC1.CN(CCOC(F)F)CCc1c[nH]c2ccc(O)cc12. The van der Waals surface area contributed by atoms with Gasteiger partial charge >= 0.3 is 6.61 Å². The Morgan fingerprint density at radius 3 is 2.62 bits per heavy atom. The first kappa shape index (κ1) is 21.0. The molecule has 2 N–H and O–H groups in total. The van der Waals surface area contributed by atoms with E-state index >= 15 is 0 Å². The van der Waals surface area contributed by atoms with Crippen LogP contribution in [0.3, 0.4) is 0 Å². The number of nitrogens with one attached hydrogen (secondary N) is 1. The molecule has 2 heterocycles. The van der Waals surface area contributed by atoms with Crippen molar-refractivity contribution in [3.63, 3.8) is 0 Å². The van der Waals surface area contributed by atoms with E-state index in [0.29, 0.717) is 6.54 Å². The number of halogens is 2. The van der Waals surface area contributed by atoms with Gasteiger partial charge in [-0.05, 0) is 61.6 Å². The van der Waals surface area contributed by atoms with Gasteiger partial charge < -0.3 is 19.7 Å². The van der Waals surface area contributed by atoms with Gasteiger partial charge in [0.05, 0.1) is 6.61 Å². The molecule has 0 bridgehead atoms. The fourth-order valence-corrected chi connectivity index (χ4v) is 3.80. The topological polar surface area (TPSA) is 48.5 Å². The Balaban J connectivity index is 0.000000342. The fraction of sp³-hybridized carbons (Fsp3) is 0.579. The Labute approximate surface area is 157 Å². The second-order valence-electron chi connectivity index (χ2n) is 6.40. The van der Waals surface area contributed by atoms with Crippen molar-refractivity contribution < 1.29 is 18.6 Å². The molecular weight excluding hydrogens is 358 g/mol. The summed E-state index contributed by atoms with van der Waals surface area (Å²) in [6, 6.07) is 5.19. The van der Waals surface area contributed by atoms with Crippen LogP contribution < -0.4 is 0 Å². The normalized spacial score (nSPS) is 14.7. The van der Waals surface area contributed by atoms with Gasteiger partial charge in [0.2, 0.25) is 0 Å². The molecular formula is C19H28F2N2O2S. The van der Waals surface area contributed by atoms with Crippen molar-refractivity contribution in [1.82, 2.24) is 9.88 Å². The second-order valence-corrected chi connectivity index (χ2v) is 7.63. The van der Waals surface area contributed by atoms with Crippen LogP contribution in [0, 0.1) is 0 Å². The second kappa shape index (κ2) is 11.4. The molecule has 26 heavy (non-hydrogen) atoms. The average Bonchev–Trinajstić information content (AvgIpc) is 3.04. The van der Waals surface area contributed by atoms with E-state index in [0.717, 1.165) is 29.4 Å². The Kier molecular flexibility index (Phi) is 9.22. The average molecular weight is 387 g/mol. The molecule has 1 aliphatic heterocycles. The molecule has 0 aliphatic carbocycles. The lowest BCUT2D eigenvalue weighted by atomic mass is 10.1. The van der Waals surface area contributed by atoms with Gasteiger partial charge in [0, 0.05) is 30.2 Å². The van der Waals surface area contributed by atoms with Crippen LogP contribution in [0.4, 0.5) is 8.78 Å². The standard InChI is InChI=1S/C14H18F2N2O2.C5H10S/c1-18(6-7-20-14(15)16)5-4-10-9-17-13-3-2-11(19)8-12(10)13;1-2-4-6-5-3-1/h2-3,8-9,14,17,19H,4-7H2,1H3;1-5H2. The molecule has 1 fully saturated rings. The largest absolute Gasteiger partial charge is 0.508 e. The molecule has 0 radical (unpaired) electrons. The van der Waals surface area contributed by atoms with Crippen LogP contribution in [-0.4, -0.2) is 59.9 Å². The highest BCUT2D eigenvalue weighted by Crippen LogP contribution is 2.23. The summed E-state index contributed by atoms with van der Waals surface area (Å²) in [6.07, 6.45) is 7.09. The van der Waals surface area contributed by atoms with E-state index in [9.17, 15) is 13.9 Å². The summed E-state index contributed by atoms with van der Waals surface area (Å²) in [6.45, 7) is -1.50. The lowest BCUT2D eigenvalue weighted by Gasteiger charge is -2.16. The number of thioether (sulfide) groups is 1. The Morgan fingerprint density at radius 2 is 2.00 bits per heavy atom. The number of rotatable bonds is 7. The minimum absolute atomic E-state index is 0.0167. The Bertz CT molecular complexity index is 636. The van der Waals surface area contributed by atoms with E-state index in [-0.39, 0.29) is 12.4 Å². The van der Waals surface area contributed by atoms with Gasteiger partial charge in [0.1, 0.15) is 5.75 Å². The monoisotopic (exact) mass is 386 g/mol. The van der Waals surface area contributed by atoms with Gasteiger partial charge in [-0.15, -0.1) is 0 Å². The summed E-state index contributed by atoms with van der Waals surface area (Å²) < 4.78 is 27.9. The number of aromatic nitrogens is 1. The first-order valence-electron chi connectivity index (χ1n) is 9.01. The predicted octanol–water partition coefficient (Wildman–Crippen LogP) is 4.49. The molecule has 1 aliphatic rings. The lowest BCUT2D eigenvalue weighted by Crippen LogP contribution is -2.26. The molecule has 1 saturated heterocycles. The van der Waals surface area contributed by atoms with Crippen LogP contribution in [0.25, 0.3) is 10.9 Å². The summed E-state index contributed by atoms with van der Waals surface area (Å²) in [5.41, 5.74) is 2.07. The summed E-state index contributed by atoms with van der Waals surface area (Å²) in [4.78, 5) is 5.08. The first-order chi connectivity index (χ1) is 12.6.